The molecule has 1 aromatic carbocycles. The Morgan fingerprint density at radius 2 is 1.95 bits per heavy atom. The third kappa shape index (κ3) is 5.65. The molecular formula is C14H18N2O5S. The first-order chi connectivity index (χ1) is 10.3. The summed E-state index contributed by atoms with van der Waals surface area (Å²) < 4.78 is 4.62. The fourth-order valence-electron chi connectivity index (χ4n) is 1.64. The van der Waals surface area contributed by atoms with E-state index in [-0.39, 0.29) is 23.3 Å². The van der Waals surface area contributed by atoms with Crippen LogP contribution >= 0.6 is 11.8 Å². The minimum absolute atomic E-state index is 0.0190. The number of aromatic hydroxyl groups is 1. The van der Waals surface area contributed by atoms with E-state index in [1.54, 1.807) is 12.1 Å². The first-order valence-corrected chi connectivity index (χ1v) is 7.40. The van der Waals surface area contributed by atoms with E-state index >= 15 is 0 Å². The summed E-state index contributed by atoms with van der Waals surface area (Å²) in [5, 5.41) is 14.9. The lowest BCUT2D eigenvalue weighted by Gasteiger charge is -2.15. The zero-order chi connectivity index (χ0) is 16.7. The average Bonchev–Trinajstić information content (AvgIpc) is 2.44. The molecule has 0 bridgehead atoms. The van der Waals surface area contributed by atoms with Crippen LogP contribution in [0.15, 0.2) is 23.1 Å². The van der Waals surface area contributed by atoms with E-state index in [4.69, 9.17) is 0 Å². The van der Waals surface area contributed by atoms with Gasteiger partial charge < -0.3 is 20.5 Å². The lowest BCUT2D eigenvalue weighted by atomic mass is 10.3. The molecule has 0 saturated carbocycles. The van der Waals surface area contributed by atoms with Crippen molar-refractivity contribution in [1.29, 1.82) is 0 Å². The highest BCUT2D eigenvalue weighted by Crippen LogP contribution is 2.31. The number of rotatable bonds is 6. The number of ether oxygens (including phenoxy) is 1. The number of carbonyl (C=O) groups excluding carboxylic acids is 3. The van der Waals surface area contributed by atoms with Gasteiger partial charge in [0, 0.05) is 25.3 Å². The third-order valence-corrected chi connectivity index (χ3v) is 3.69. The number of thioether (sulfide) groups is 1. The highest BCUT2D eigenvalue weighted by Gasteiger charge is 2.21. The van der Waals surface area contributed by atoms with Crippen molar-refractivity contribution < 1.29 is 24.2 Å². The predicted molar refractivity (Wildman–Crippen MR) is 82.8 cm³/mol. The van der Waals surface area contributed by atoms with Gasteiger partial charge in [-0.1, -0.05) is 0 Å². The molecule has 0 aliphatic heterocycles. The van der Waals surface area contributed by atoms with Gasteiger partial charge >= 0.3 is 5.97 Å². The van der Waals surface area contributed by atoms with E-state index in [0.717, 1.165) is 0 Å². The van der Waals surface area contributed by atoms with Gasteiger partial charge in [0.25, 0.3) is 0 Å². The van der Waals surface area contributed by atoms with Crippen LogP contribution in [0.1, 0.15) is 13.8 Å². The van der Waals surface area contributed by atoms with Crippen LogP contribution in [0.5, 0.6) is 5.75 Å². The van der Waals surface area contributed by atoms with Crippen molar-refractivity contribution in [2.75, 3.05) is 18.2 Å². The molecule has 120 valence electrons. The molecule has 22 heavy (non-hydrogen) atoms. The van der Waals surface area contributed by atoms with Crippen LogP contribution in [-0.2, 0) is 19.1 Å². The number of methoxy groups -OCH3 is 1. The SMILES string of the molecule is COC(=O)C(CSc1cc(NC(C)=O)ccc1O)NC(C)=O. The van der Waals surface area contributed by atoms with Gasteiger partial charge in [0.1, 0.15) is 11.8 Å². The smallest absolute Gasteiger partial charge is 0.329 e. The Morgan fingerprint density at radius 1 is 1.27 bits per heavy atom. The van der Waals surface area contributed by atoms with Gasteiger partial charge in [-0.3, -0.25) is 9.59 Å². The quantitative estimate of drug-likeness (QED) is 0.411. The maximum Gasteiger partial charge on any atom is 0.329 e. The average molecular weight is 326 g/mol. The summed E-state index contributed by atoms with van der Waals surface area (Å²) in [5.41, 5.74) is 0.530. The van der Waals surface area contributed by atoms with E-state index in [9.17, 15) is 19.5 Å². The number of esters is 1. The van der Waals surface area contributed by atoms with E-state index < -0.39 is 12.0 Å². The Balaban J connectivity index is 2.81. The zero-order valence-electron chi connectivity index (χ0n) is 12.5. The Bertz CT molecular complexity index is 576. The highest BCUT2D eigenvalue weighted by molar-refractivity contribution is 7.99. The number of amides is 2. The van der Waals surface area contributed by atoms with Crippen molar-refractivity contribution in [2.24, 2.45) is 0 Å². The summed E-state index contributed by atoms with van der Waals surface area (Å²) in [6, 6.07) is 3.77. The van der Waals surface area contributed by atoms with Crippen LogP contribution in [0.3, 0.4) is 0 Å². The predicted octanol–water partition coefficient (Wildman–Crippen LogP) is 1.12. The van der Waals surface area contributed by atoms with E-state index in [0.29, 0.717) is 10.6 Å². The molecule has 0 fully saturated rings. The Hall–Kier alpha value is -2.22. The van der Waals surface area contributed by atoms with Crippen molar-refractivity contribution in [3.05, 3.63) is 18.2 Å². The molecule has 1 atom stereocenters. The molecule has 0 heterocycles. The van der Waals surface area contributed by atoms with Crippen molar-refractivity contribution in [3.63, 3.8) is 0 Å². The van der Waals surface area contributed by atoms with Crippen LogP contribution in [-0.4, -0.2) is 41.8 Å². The molecule has 0 aliphatic rings. The number of phenols is 1. The van der Waals surface area contributed by atoms with Crippen molar-refractivity contribution >= 4 is 35.2 Å². The molecule has 0 saturated heterocycles. The number of carbonyl (C=O) groups is 3. The topological polar surface area (TPSA) is 105 Å². The second kappa shape index (κ2) is 8.28. The molecule has 1 rings (SSSR count). The summed E-state index contributed by atoms with van der Waals surface area (Å²) >= 11 is 1.17. The van der Waals surface area contributed by atoms with Crippen molar-refractivity contribution in [1.82, 2.24) is 5.32 Å². The van der Waals surface area contributed by atoms with Gasteiger partial charge in [0.15, 0.2) is 0 Å². The number of anilines is 1. The van der Waals surface area contributed by atoms with Gasteiger partial charge in [-0.15, -0.1) is 11.8 Å². The van der Waals surface area contributed by atoms with Crippen LogP contribution in [0.2, 0.25) is 0 Å². The Kier molecular flexibility index (Phi) is 6.71. The Labute approximate surface area is 132 Å². The standard InChI is InChI=1S/C14H18N2O5S/c1-8(17)15-10-4-5-12(19)13(6-10)22-7-11(14(20)21-3)16-9(2)18/h4-6,11,19H,7H2,1-3H3,(H,15,17)(H,16,18). The highest BCUT2D eigenvalue weighted by atomic mass is 32.2. The minimum Gasteiger partial charge on any atom is -0.507 e. The number of benzene rings is 1. The van der Waals surface area contributed by atoms with E-state index in [1.807, 2.05) is 0 Å². The van der Waals surface area contributed by atoms with Gasteiger partial charge in [0.2, 0.25) is 11.8 Å². The first-order valence-electron chi connectivity index (χ1n) is 6.41. The molecule has 7 nitrogen and oxygen atoms in total. The number of hydrogen-bond acceptors (Lipinski definition) is 6. The summed E-state index contributed by atoms with van der Waals surface area (Å²) in [6.07, 6.45) is 0. The van der Waals surface area contributed by atoms with Crippen LogP contribution in [0, 0.1) is 0 Å². The zero-order valence-corrected chi connectivity index (χ0v) is 13.3. The molecular weight excluding hydrogens is 308 g/mol. The van der Waals surface area contributed by atoms with Crippen LogP contribution in [0.25, 0.3) is 0 Å². The maximum atomic E-state index is 11.6. The third-order valence-electron chi connectivity index (χ3n) is 2.55. The minimum atomic E-state index is -0.823. The second-order valence-electron chi connectivity index (χ2n) is 4.45. The first kappa shape index (κ1) is 17.8. The molecule has 8 heteroatoms. The molecule has 0 aliphatic carbocycles. The normalized spacial score (nSPS) is 11.4. The van der Waals surface area contributed by atoms with E-state index in [2.05, 4.69) is 15.4 Å². The largest absolute Gasteiger partial charge is 0.507 e. The van der Waals surface area contributed by atoms with Crippen LogP contribution < -0.4 is 10.6 Å². The lowest BCUT2D eigenvalue weighted by Crippen LogP contribution is -2.42. The summed E-state index contributed by atoms with van der Waals surface area (Å²) in [5.74, 6) is -0.950. The maximum absolute atomic E-state index is 11.6. The van der Waals surface area contributed by atoms with Crippen molar-refractivity contribution in [2.45, 2.75) is 24.8 Å². The van der Waals surface area contributed by atoms with E-state index in [1.165, 1.54) is 38.8 Å². The summed E-state index contributed by atoms with van der Waals surface area (Å²) in [7, 11) is 1.23. The fraction of sp³-hybridized carbons (Fsp3) is 0.357. The number of nitrogens with one attached hydrogen (secondary N) is 2. The lowest BCUT2D eigenvalue weighted by molar-refractivity contribution is -0.144. The molecule has 0 radical (unpaired) electrons. The molecule has 3 N–H and O–H groups in total. The number of phenolic OH excluding ortho intramolecular Hbond substituents is 1. The van der Waals surface area contributed by atoms with Gasteiger partial charge in [-0.25, -0.2) is 4.79 Å². The van der Waals surface area contributed by atoms with Gasteiger partial charge in [0.05, 0.1) is 12.0 Å². The number of hydrogen-bond donors (Lipinski definition) is 3. The molecule has 0 spiro atoms. The summed E-state index contributed by atoms with van der Waals surface area (Å²) in [6.45, 7) is 2.68. The molecule has 1 aromatic rings. The second-order valence-corrected chi connectivity index (χ2v) is 5.51. The van der Waals surface area contributed by atoms with Crippen molar-refractivity contribution in [3.8, 4) is 5.75 Å². The molecule has 1 unspecified atom stereocenters. The monoisotopic (exact) mass is 326 g/mol. The van der Waals surface area contributed by atoms with Gasteiger partial charge in [-0.2, -0.15) is 0 Å². The molecule has 2 amide bonds. The summed E-state index contributed by atoms with van der Waals surface area (Å²) in [4.78, 5) is 34.2. The Morgan fingerprint density at radius 3 is 2.50 bits per heavy atom. The van der Waals surface area contributed by atoms with Gasteiger partial charge in [-0.05, 0) is 18.2 Å². The fourth-order valence-corrected chi connectivity index (χ4v) is 2.63. The molecule has 0 aromatic heterocycles. The van der Waals surface area contributed by atoms with Crippen LogP contribution in [0.4, 0.5) is 5.69 Å².